The Labute approximate surface area is 62.9 Å². The van der Waals surface area contributed by atoms with Crippen molar-refractivity contribution in [2.75, 3.05) is 6.61 Å². The van der Waals surface area contributed by atoms with Crippen LogP contribution in [0.25, 0.3) is 0 Å². The molecule has 2 N–H and O–H groups in total. The Morgan fingerprint density at radius 1 is 1.30 bits per heavy atom. The zero-order chi connectivity index (χ0) is 8.04. The fraction of sp³-hybridized carbons (Fsp3) is 0.875. The van der Waals surface area contributed by atoms with Crippen molar-refractivity contribution < 1.29 is 10.2 Å². The molecule has 0 aromatic carbocycles. The second-order valence-corrected chi connectivity index (χ2v) is 3.03. The van der Waals surface area contributed by atoms with Gasteiger partial charge in [-0.3, -0.25) is 0 Å². The molecule has 0 saturated carbocycles. The molecule has 0 aliphatic heterocycles. The van der Waals surface area contributed by atoms with Crippen molar-refractivity contribution >= 4 is 0 Å². The molecule has 2 nitrogen and oxygen atoms in total. The first-order valence-electron chi connectivity index (χ1n) is 3.75. The van der Waals surface area contributed by atoms with Gasteiger partial charge in [-0.2, -0.15) is 0 Å². The minimum absolute atomic E-state index is 0.249. The van der Waals surface area contributed by atoms with Crippen LogP contribution in [-0.2, 0) is 0 Å². The molecule has 0 amide bonds. The zero-order valence-corrected chi connectivity index (χ0v) is 6.64. The van der Waals surface area contributed by atoms with Crippen molar-refractivity contribution in [2.45, 2.75) is 38.2 Å². The molecule has 0 aromatic heterocycles. The van der Waals surface area contributed by atoms with Crippen LogP contribution in [0.2, 0.25) is 0 Å². The molecule has 2 heteroatoms. The molecule has 0 aromatic rings. The molecule has 0 fully saturated rings. The van der Waals surface area contributed by atoms with Gasteiger partial charge in [-0.25, -0.2) is 0 Å². The third-order valence-corrected chi connectivity index (χ3v) is 1.37. The van der Waals surface area contributed by atoms with Gasteiger partial charge >= 0.3 is 0 Å². The summed E-state index contributed by atoms with van der Waals surface area (Å²) in [6, 6.07) is 0. The van der Waals surface area contributed by atoms with Crippen molar-refractivity contribution in [3.63, 3.8) is 0 Å². The molecule has 0 spiro atoms. The molecule has 0 aliphatic carbocycles. The van der Waals surface area contributed by atoms with E-state index in [2.05, 4.69) is 6.92 Å². The van der Waals surface area contributed by atoms with Crippen LogP contribution >= 0.6 is 0 Å². The van der Waals surface area contributed by atoms with E-state index < -0.39 is 5.60 Å². The van der Waals surface area contributed by atoms with Gasteiger partial charge in [0.25, 0.3) is 0 Å². The monoisotopic (exact) mass is 145 g/mol. The fourth-order valence-corrected chi connectivity index (χ4v) is 0.794. The highest BCUT2D eigenvalue weighted by molar-refractivity contribution is 4.73. The molecular formula is C8H17O2. The number of aliphatic hydroxyl groups is 2. The SMILES string of the molecule is [CH2]C(C)(O)CCCCCO. The van der Waals surface area contributed by atoms with E-state index in [1.807, 2.05) is 0 Å². The Morgan fingerprint density at radius 2 is 1.90 bits per heavy atom. The maximum absolute atomic E-state index is 9.14. The first-order valence-corrected chi connectivity index (χ1v) is 3.75. The summed E-state index contributed by atoms with van der Waals surface area (Å²) < 4.78 is 0. The van der Waals surface area contributed by atoms with Crippen LogP contribution in [0.15, 0.2) is 0 Å². The van der Waals surface area contributed by atoms with Gasteiger partial charge in [0.1, 0.15) is 0 Å². The van der Waals surface area contributed by atoms with E-state index in [0.717, 1.165) is 19.3 Å². The highest BCUT2D eigenvalue weighted by Gasteiger charge is 2.10. The quantitative estimate of drug-likeness (QED) is 0.569. The minimum Gasteiger partial charge on any atom is -0.396 e. The smallest absolute Gasteiger partial charge is 0.0620 e. The average molecular weight is 145 g/mol. The molecule has 0 bridgehead atoms. The van der Waals surface area contributed by atoms with Gasteiger partial charge in [0, 0.05) is 6.61 Å². The van der Waals surface area contributed by atoms with E-state index in [1.54, 1.807) is 6.92 Å². The van der Waals surface area contributed by atoms with Crippen molar-refractivity contribution in [1.29, 1.82) is 0 Å². The Hall–Kier alpha value is -0.0800. The van der Waals surface area contributed by atoms with Gasteiger partial charge < -0.3 is 10.2 Å². The van der Waals surface area contributed by atoms with E-state index in [1.165, 1.54) is 0 Å². The van der Waals surface area contributed by atoms with Gasteiger partial charge in [-0.15, -0.1) is 0 Å². The molecule has 0 saturated heterocycles. The highest BCUT2D eigenvalue weighted by Crippen LogP contribution is 2.11. The van der Waals surface area contributed by atoms with E-state index in [-0.39, 0.29) is 6.61 Å². The maximum Gasteiger partial charge on any atom is 0.0620 e. The molecular weight excluding hydrogens is 128 g/mol. The van der Waals surface area contributed by atoms with Gasteiger partial charge in [0.2, 0.25) is 0 Å². The van der Waals surface area contributed by atoms with Gasteiger partial charge in [0.15, 0.2) is 0 Å². The fourth-order valence-electron chi connectivity index (χ4n) is 0.794. The molecule has 1 radical (unpaired) electrons. The highest BCUT2D eigenvalue weighted by atomic mass is 16.3. The van der Waals surface area contributed by atoms with Crippen LogP contribution in [0, 0.1) is 6.92 Å². The van der Waals surface area contributed by atoms with Crippen molar-refractivity contribution in [2.24, 2.45) is 0 Å². The Kier molecular flexibility index (Phi) is 4.65. The lowest BCUT2D eigenvalue weighted by molar-refractivity contribution is 0.0949. The number of hydrogen-bond donors (Lipinski definition) is 2. The second kappa shape index (κ2) is 4.69. The van der Waals surface area contributed by atoms with Gasteiger partial charge in [-0.1, -0.05) is 12.8 Å². The maximum atomic E-state index is 9.14. The first kappa shape index (κ1) is 9.92. The Bertz CT molecular complexity index is 73.8. The van der Waals surface area contributed by atoms with Crippen molar-refractivity contribution in [1.82, 2.24) is 0 Å². The summed E-state index contributed by atoms with van der Waals surface area (Å²) in [5.41, 5.74) is -0.782. The lowest BCUT2D eigenvalue weighted by Gasteiger charge is -2.15. The van der Waals surface area contributed by atoms with Crippen molar-refractivity contribution in [3.8, 4) is 0 Å². The predicted octanol–water partition coefficient (Wildman–Crippen LogP) is 1.12. The van der Waals surface area contributed by atoms with E-state index >= 15 is 0 Å². The Morgan fingerprint density at radius 3 is 2.30 bits per heavy atom. The molecule has 0 heterocycles. The lowest BCUT2D eigenvalue weighted by Crippen LogP contribution is -2.18. The molecule has 1 atom stereocenters. The zero-order valence-electron chi connectivity index (χ0n) is 6.64. The van der Waals surface area contributed by atoms with Crippen LogP contribution in [0.4, 0.5) is 0 Å². The van der Waals surface area contributed by atoms with Crippen molar-refractivity contribution in [3.05, 3.63) is 6.92 Å². The summed E-state index contributed by atoms with van der Waals surface area (Å²) in [5, 5.41) is 17.6. The third-order valence-electron chi connectivity index (χ3n) is 1.37. The third kappa shape index (κ3) is 7.92. The largest absolute Gasteiger partial charge is 0.396 e. The summed E-state index contributed by atoms with van der Waals surface area (Å²) in [5.74, 6) is 0. The molecule has 0 aliphatic rings. The van der Waals surface area contributed by atoms with Crippen LogP contribution in [0.5, 0.6) is 0 Å². The lowest BCUT2D eigenvalue weighted by atomic mass is 10.0. The van der Waals surface area contributed by atoms with Crippen LogP contribution in [0.1, 0.15) is 32.6 Å². The van der Waals surface area contributed by atoms with Gasteiger partial charge in [-0.05, 0) is 26.7 Å². The average Bonchev–Trinajstić information content (AvgIpc) is 1.78. The Balaban J connectivity index is 3.04. The number of rotatable bonds is 5. The van der Waals surface area contributed by atoms with E-state index in [0.29, 0.717) is 6.42 Å². The molecule has 10 heavy (non-hydrogen) atoms. The van der Waals surface area contributed by atoms with Crippen LogP contribution < -0.4 is 0 Å². The first-order chi connectivity index (χ1) is 4.56. The van der Waals surface area contributed by atoms with Gasteiger partial charge in [0.05, 0.1) is 5.60 Å². The summed E-state index contributed by atoms with van der Waals surface area (Å²) in [6.45, 7) is 5.51. The molecule has 1 unspecified atom stereocenters. The normalized spacial score (nSPS) is 12.0. The van der Waals surface area contributed by atoms with E-state index in [4.69, 9.17) is 10.2 Å². The second-order valence-electron chi connectivity index (χ2n) is 3.03. The number of unbranched alkanes of at least 4 members (excludes halogenated alkanes) is 2. The van der Waals surface area contributed by atoms with Crippen LogP contribution in [-0.4, -0.2) is 22.4 Å². The summed E-state index contributed by atoms with van der Waals surface area (Å²) in [4.78, 5) is 0. The molecule has 0 rings (SSSR count). The molecule has 61 valence electrons. The summed E-state index contributed by atoms with van der Waals surface area (Å²) >= 11 is 0. The predicted molar refractivity (Wildman–Crippen MR) is 41.5 cm³/mol. The van der Waals surface area contributed by atoms with Crippen LogP contribution in [0.3, 0.4) is 0 Å². The standard InChI is InChI=1S/C8H17O2/c1-8(2,10)6-4-3-5-7-9/h9-10H,1,3-7H2,2H3. The summed E-state index contributed by atoms with van der Waals surface area (Å²) in [6.07, 6.45) is 3.46. The number of hydrogen-bond acceptors (Lipinski definition) is 2. The number of aliphatic hydroxyl groups excluding tert-OH is 1. The summed E-state index contributed by atoms with van der Waals surface area (Å²) in [7, 11) is 0. The minimum atomic E-state index is -0.782. The van der Waals surface area contributed by atoms with E-state index in [9.17, 15) is 0 Å². The topological polar surface area (TPSA) is 40.5 Å².